The molecule has 7 nitrogen and oxygen atoms in total. The number of nitrogens with zero attached hydrogens (tertiary/aromatic N) is 3. The first-order valence-corrected chi connectivity index (χ1v) is 9.13. The Morgan fingerprint density at radius 2 is 2.27 bits per heavy atom. The van der Waals surface area contributed by atoms with Crippen molar-refractivity contribution in [2.45, 2.75) is 52.3 Å². The summed E-state index contributed by atoms with van der Waals surface area (Å²) in [5, 5.41) is 2.87. The van der Waals surface area contributed by atoms with E-state index in [0.717, 1.165) is 38.1 Å². The highest BCUT2D eigenvalue weighted by molar-refractivity contribution is 5.95. The minimum absolute atomic E-state index is 0.0557. The van der Waals surface area contributed by atoms with Gasteiger partial charge < -0.3 is 19.2 Å². The van der Waals surface area contributed by atoms with Gasteiger partial charge in [-0.3, -0.25) is 9.59 Å². The lowest BCUT2D eigenvalue weighted by atomic mass is 10.1. The molecule has 1 amide bonds. The molecule has 1 fully saturated rings. The van der Waals surface area contributed by atoms with Crippen LogP contribution in [-0.4, -0.2) is 39.3 Å². The second-order valence-corrected chi connectivity index (χ2v) is 6.80. The van der Waals surface area contributed by atoms with Crippen LogP contribution in [0.5, 0.6) is 0 Å². The maximum atomic E-state index is 12.9. The fourth-order valence-electron chi connectivity index (χ4n) is 3.39. The summed E-state index contributed by atoms with van der Waals surface area (Å²) in [4.78, 5) is 29.5. The van der Waals surface area contributed by atoms with E-state index in [2.05, 4.69) is 10.3 Å². The van der Waals surface area contributed by atoms with Crippen molar-refractivity contribution in [3.63, 3.8) is 0 Å². The van der Waals surface area contributed by atoms with Crippen molar-refractivity contribution < 1.29 is 9.53 Å². The molecule has 26 heavy (non-hydrogen) atoms. The van der Waals surface area contributed by atoms with Gasteiger partial charge in [-0.2, -0.15) is 0 Å². The number of carbonyl (C=O) groups excluding carboxylic acids is 1. The highest BCUT2D eigenvalue weighted by atomic mass is 16.5. The number of ether oxygens (including phenoxy) is 1. The maximum Gasteiger partial charge on any atom is 0.263 e. The molecule has 1 atom stereocenters. The molecule has 0 spiro atoms. The molecule has 0 bridgehead atoms. The molecular weight excluding hydrogens is 332 g/mol. The third kappa shape index (κ3) is 4.22. The monoisotopic (exact) mass is 358 g/mol. The molecule has 140 valence electrons. The number of rotatable bonds is 7. The average Bonchev–Trinajstić information content (AvgIpc) is 3.29. The average molecular weight is 358 g/mol. The summed E-state index contributed by atoms with van der Waals surface area (Å²) >= 11 is 0. The van der Waals surface area contributed by atoms with E-state index in [9.17, 15) is 9.59 Å². The van der Waals surface area contributed by atoms with Crippen LogP contribution < -0.4 is 10.9 Å². The molecule has 1 saturated heterocycles. The number of hydrogen-bond acceptors (Lipinski definition) is 4. The summed E-state index contributed by atoms with van der Waals surface area (Å²) in [6.45, 7) is 6.24. The normalized spacial score (nSPS) is 16.8. The van der Waals surface area contributed by atoms with Crippen molar-refractivity contribution in [3.05, 3.63) is 52.0 Å². The van der Waals surface area contributed by atoms with Crippen LogP contribution in [-0.2, 0) is 17.8 Å². The second kappa shape index (κ2) is 8.31. The Kier molecular flexibility index (Phi) is 5.88. The van der Waals surface area contributed by atoms with E-state index in [1.165, 1.54) is 0 Å². The molecule has 2 aromatic rings. The lowest BCUT2D eigenvalue weighted by Crippen LogP contribution is -2.37. The molecule has 1 N–H and O–H groups in total. The molecule has 1 aliphatic rings. The van der Waals surface area contributed by atoms with Crippen molar-refractivity contribution in [1.29, 1.82) is 0 Å². The van der Waals surface area contributed by atoms with Gasteiger partial charge in [0.2, 0.25) is 0 Å². The summed E-state index contributed by atoms with van der Waals surface area (Å²) in [6, 6.07) is 1.90. The summed E-state index contributed by atoms with van der Waals surface area (Å²) in [5.41, 5.74) is 1.57. The molecule has 0 aromatic carbocycles. The van der Waals surface area contributed by atoms with E-state index in [-0.39, 0.29) is 23.1 Å². The highest BCUT2D eigenvalue weighted by Crippen LogP contribution is 2.15. The van der Waals surface area contributed by atoms with E-state index in [1.54, 1.807) is 17.1 Å². The number of carbonyl (C=O) groups is 1. The number of amides is 1. The Balaban J connectivity index is 1.67. The zero-order valence-corrected chi connectivity index (χ0v) is 15.4. The number of aromatic nitrogens is 3. The van der Waals surface area contributed by atoms with Gasteiger partial charge in [0.1, 0.15) is 5.56 Å². The topological polar surface area (TPSA) is 78.1 Å². The largest absolute Gasteiger partial charge is 0.376 e. The fourth-order valence-corrected chi connectivity index (χ4v) is 3.39. The molecule has 1 aliphatic heterocycles. The van der Waals surface area contributed by atoms with Crippen molar-refractivity contribution in [1.82, 2.24) is 19.4 Å². The molecule has 1 unspecified atom stereocenters. The summed E-state index contributed by atoms with van der Waals surface area (Å²) in [6.07, 6.45) is 8.16. The Labute approximate surface area is 153 Å². The zero-order valence-electron chi connectivity index (χ0n) is 15.4. The van der Waals surface area contributed by atoms with Crippen LogP contribution >= 0.6 is 0 Å². The quantitative estimate of drug-likeness (QED) is 0.764. The van der Waals surface area contributed by atoms with Crippen molar-refractivity contribution in [3.8, 4) is 0 Å². The van der Waals surface area contributed by atoms with E-state index in [1.807, 2.05) is 30.7 Å². The zero-order chi connectivity index (χ0) is 18.5. The molecule has 0 radical (unpaired) electrons. The number of imidazole rings is 1. The summed E-state index contributed by atoms with van der Waals surface area (Å²) < 4.78 is 9.27. The first-order valence-electron chi connectivity index (χ1n) is 9.13. The lowest BCUT2D eigenvalue weighted by Gasteiger charge is -2.17. The van der Waals surface area contributed by atoms with Crippen LogP contribution in [0.25, 0.3) is 0 Å². The number of pyridine rings is 1. The van der Waals surface area contributed by atoms with Gasteiger partial charge in [-0.25, -0.2) is 4.98 Å². The second-order valence-electron chi connectivity index (χ2n) is 6.80. The molecule has 3 heterocycles. The summed E-state index contributed by atoms with van der Waals surface area (Å²) in [5.74, 6) is -0.306. The van der Waals surface area contributed by atoms with E-state index >= 15 is 0 Å². The molecule has 0 saturated carbocycles. The fraction of sp³-hybridized carbons (Fsp3) is 0.526. The summed E-state index contributed by atoms with van der Waals surface area (Å²) in [7, 11) is 0. The lowest BCUT2D eigenvalue weighted by molar-refractivity contribution is 0.0927. The standard InChI is InChI=1S/C19H26N4O3/c1-14-11-15(2)23(12-16-5-3-10-26-16)19(25)17(14)18(24)21-6-4-8-22-9-7-20-13-22/h7,9,11,13,16H,3-6,8,10,12H2,1-2H3,(H,21,24). The van der Waals surface area contributed by atoms with Gasteiger partial charge in [0.25, 0.3) is 11.5 Å². The molecule has 2 aromatic heterocycles. The van der Waals surface area contributed by atoms with Gasteiger partial charge in [-0.1, -0.05) is 0 Å². The SMILES string of the molecule is Cc1cc(C)n(CC2CCCO2)c(=O)c1C(=O)NCCCn1ccnc1. The molecule has 7 heteroatoms. The first kappa shape index (κ1) is 18.4. The molecular formula is C19H26N4O3. The third-order valence-electron chi connectivity index (χ3n) is 4.78. The van der Waals surface area contributed by atoms with Gasteiger partial charge in [0.05, 0.1) is 19.0 Å². The van der Waals surface area contributed by atoms with Crippen molar-refractivity contribution in [2.24, 2.45) is 0 Å². The van der Waals surface area contributed by atoms with Gasteiger partial charge in [-0.15, -0.1) is 0 Å². The van der Waals surface area contributed by atoms with Gasteiger partial charge in [-0.05, 0) is 44.7 Å². The van der Waals surface area contributed by atoms with Crippen LogP contribution in [0.4, 0.5) is 0 Å². The van der Waals surface area contributed by atoms with E-state index in [0.29, 0.717) is 18.7 Å². The smallest absolute Gasteiger partial charge is 0.263 e. The Bertz CT molecular complexity index is 805. The highest BCUT2D eigenvalue weighted by Gasteiger charge is 2.21. The van der Waals surface area contributed by atoms with Crippen LogP contribution in [0, 0.1) is 13.8 Å². The maximum absolute atomic E-state index is 12.9. The Morgan fingerprint density at radius 1 is 1.42 bits per heavy atom. The van der Waals surface area contributed by atoms with Gasteiger partial charge in [0.15, 0.2) is 0 Å². The minimum atomic E-state index is -0.306. The first-order chi connectivity index (χ1) is 12.6. The van der Waals surface area contributed by atoms with E-state index < -0.39 is 0 Å². The van der Waals surface area contributed by atoms with Gasteiger partial charge in [0, 0.05) is 37.8 Å². The van der Waals surface area contributed by atoms with Crippen LogP contribution in [0.15, 0.2) is 29.6 Å². The van der Waals surface area contributed by atoms with Crippen LogP contribution in [0.1, 0.15) is 40.9 Å². The van der Waals surface area contributed by atoms with Crippen LogP contribution in [0.3, 0.4) is 0 Å². The Hall–Kier alpha value is -2.41. The predicted molar refractivity (Wildman–Crippen MR) is 98.3 cm³/mol. The molecule has 3 rings (SSSR count). The Morgan fingerprint density at radius 3 is 2.96 bits per heavy atom. The predicted octanol–water partition coefficient (Wildman–Crippen LogP) is 1.66. The van der Waals surface area contributed by atoms with E-state index in [4.69, 9.17) is 4.74 Å². The number of aryl methyl sites for hydroxylation is 3. The minimum Gasteiger partial charge on any atom is -0.376 e. The third-order valence-corrected chi connectivity index (χ3v) is 4.78. The van der Waals surface area contributed by atoms with Gasteiger partial charge >= 0.3 is 0 Å². The van der Waals surface area contributed by atoms with Crippen molar-refractivity contribution >= 4 is 5.91 Å². The van der Waals surface area contributed by atoms with Crippen molar-refractivity contribution in [2.75, 3.05) is 13.2 Å². The number of nitrogens with one attached hydrogen (secondary N) is 1. The number of hydrogen-bond donors (Lipinski definition) is 1. The molecule has 0 aliphatic carbocycles. The van der Waals surface area contributed by atoms with Crippen LogP contribution in [0.2, 0.25) is 0 Å².